The fourth-order valence-corrected chi connectivity index (χ4v) is 1.33. The maximum absolute atomic E-state index is 5.09. The van der Waals surface area contributed by atoms with Gasteiger partial charge in [0.05, 0.1) is 12.8 Å². The van der Waals surface area contributed by atoms with Crippen LogP contribution in [0.15, 0.2) is 23.8 Å². The molecule has 0 saturated carbocycles. The standard InChI is InChI=1S/C14H22N2O/c1-11(10-15-14(2,3)4)9-12-7-6-8-13(16-12)17-5/h6-9,15H,10H2,1-5H3/b11-9-. The van der Waals surface area contributed by atoms with Crippen LogP contribution >= 0.6 is 0 Å². The van der Waals surface area contributed by atoms with Crippen molar-refractivity contribution in [1.82, 2.24) is 10.3 Å². The molecule has 17 heavy (non-hydrogen) atoms. The van der Waals surface area contributed by atoms with Crippen molar-refractivity contribution in [3.63, 3.8) is 0 Å². The molecule has 1 aromatic heterocycles. The molecule has 0 aliphatic rings. The van der Waals surface area contributed by atoms with E-state index in [-0.39, 0.29) is 5.54 Å². The van der Waals surface area contributed by atoms with Crippen LogP contribution in [0.3, 0.4) is 0 Å². The minimum absolute atomic E-state index is 0.136. The van der Waals surface area contributed by atoms with Gasteiger partial charge in [0, 0.05) is 18.2 Å². The van der Waals surface area contributed by atoms with Gasteiger partial charge in [-0.05, 0) is 39.8 Å². The van der Waals surface area contributed by atoms with E-state index in [1.54, 1.807) is 7.11 Å². The van der Waals surface area contributed by atoms with E-state index in [9.17, 15) is 0 Å². The number of nitrogens with zero attached hydrogens (tertiary/aromatic N) is 1. The molecule has 0 unspecified atom stereocenters. The van der Waals surface area contributed by atoms with E-state index in [1.165, 1.54) is 5.57 Å². The van der Waals surface area contributed by atoms with E-state index in [0.29, 0.717) is 5.88 Å². The lowest BCUT2D eigenvalue weighted by Gasteiger charge is -2.20. The predicted octanol–water partition coefficient (Wildman–Crippen LogP) is 2.88. The largest absolute Gasteiger partial charge is 0.481 e. The molecule has 1 rings (SSSR count). The van der Waals surface area contributed by atoms with Crippen LogP contribution in [0.1, 0.15) is 33.4 Å². The van der Waals surface area contributed by atoms with Crippen LogP contribution in [-0.2, 0) is 0 Å². The lowest BCUT2D eigenvalue weighted by atomic mass is 10.1. The lowest BCUT2D eigenvalue weighted by molar-refractivity contribution is 0.397. The second-order valence-corrected chi connectivity index (χ2v) is 5.20. The Morgan fingerprint density at radius 3 is 2.71 bits per heavy atom. The van der Waals surface area contributed by atoms with Gasteiger partial charge in [-0.15, -0.1) is 0 Å². The average Bonchev–Trinajstić information content (AvgIpc) is 2.26. The van der Waals surface area contributed by atoms with Crippen LogP contribution in [0.2, 0.25) is 0 Å². The minimum Gasteiger partial charge on any atom is -0.481 e. The van der Waals surface area contributed by atoms with E-state index in [0.717, 1.165) is 12.2 Å². The fraction of sp³-hybridized carbons (Fsp3) is 0.500. The van der Waals surface area contributed by atoms with Gasteiger partial charge in [0.2, 0.25) is 5.88 Å². The number of ether oxygens (including phenoxy) is 1. The molecule has 0 amide bonds. The summed E-state index contributed by atoms with van der Waals surface area (Å²) >= 11 is 0. The Bertz CT molecular complexity index is 391. The Balaban J connectivity index is 2.67. The van der Waals surface area contributed by atoms with Crippen molar-refractivity contribution in [3.05, 3.63) is 29.5 Å². The summed E-state index contributed by atoms with van der Waals surface area (Å²) in [6, 6.07) is 5.77. The molecule has 0 aliphatic carbocycles. The van der Waals surface area contributed by atoms with Gasteiger partial charge in [0.1, 0.15) is 0 Å². The number of aromatic nitrogens is 1. The summed E-state index contributed by atoms with van der Waals surface area (Å²) < 4.78 is 5.09. The van der Waals surface area contributed by atoms with E-state index >= 15 is 0 Å². The second-order valence-electron chi connectivity index (χ2n) is 5.20. The molecule has 0 fully saturated rings. The normalized spacial score (nSPS) is 12.6. The highest BCUT2D eigenvalue weighted by Crippen LogP contribution is 2.10. The molecule has 0 aliphatic heterocycles. The number of pyridine rings is 1. The third-order valence-electron chi connectivity index (χ3n) is 2.25. The Labute approximate surface area is 104 Å². The maximum atomic E-state index is 5.09. The van der Waals surface area contributed by atoms with Crippen LogP contribution in [0, 0.1) is 0 Å². The SMILES string of the molecule is COc1cccc(/C=C(/C)CNC(C)(C)C)n1. The summed E-state index contributed by atoms with van der Waals surface area (Å²) in [5, 5.41) is 3.44. The Kier molecular flexibility index (Phi) is 4.70. The molecular formula is C14H22N2O. The minimum atomic E-state index is 0.136. The molecule has 0 bridgehead atoms. The first-order valence-electron chi connectivity index (χ1n) is 5.84. The maximum Gasteiger partial charge on any atom is 0.213 e. The topological polar surface area (TPSA) is 34.1 Å². The van der Waals surface area contributed by atoms with E-state index in [1.807, 2.05) is 18.2 Å². The second kappa shape index (κ2) is 5.82. The quantitative estimate of drug-likeness (QED) is 0.869. The van der Waals surface area contributed by atoms with Crippen molar-refractivity contribution in [3.8, 4) is 5.88 Å². The predicted molar refractivity (Wildman–Crippen MR) is 72.2 cm³/mol. The summed E-state index contributed by atoms with van der Waals surface area (Å²) in [5.74, 6) is 0.648. The van der Waals surface area contributed by atoms with Gasteiger partial charge in [-0.3, -0.25) is 0 Å². The molecule has 3 heteroatoms. The zero-order chi connectivity index (χ0) is 12.9. The highest BCUT2D eigenvalue weighted by Gasteiger charge is 2.07. The summed E-state index contributed by atoms with van der Waals surface area (Å²) in [7, 11) is 1.63. The Hall–Kier alpha value is -1.35. The number of rotatable bonds is 4. The van der Waals surface area contributed by atoms with Crippen molar-refractivity contribution in [2.45, 2.75) is 33.2 Å². The number of nitrogens with one attached hydrogen (secondary N) is 1. The van der Waals surface area contributed by atoms with Crippen molar-refractivity contribution in [2.75, 3.05) is 13.7 Å². The molecule has 0 radical (unpaired) electrons. The van der Waals surface area contributed by atoms with Crippen molar-refractivity contribution < 1.29 is 4.74 Å². The average molecular weight is 234 g/mol. The summed E-state index contributed by atoms with van der Waals surface area (Å²) in [6.45, 7) is 9.43. The molecule has 0 atom stereocenters. The van der Waals surface area contributed by atoms with Crippen molar-refractivity contribution >= 4 is 6.08 Å². The van der Waals surface area contributed by atoms with Crippen LogP contribution in [-0.4, -0.2) is 24.2 Å². The number of hydrogen-bond donors (Lipinski definition) is 1. The molecular weight excluding hydrogens is 212 g/mol. The zero-order valence-corrected chi connectivity index (χ0v) is 11.4. The summed E-state index contributed by atoms with van der Waals surface area (Å²) in [5.41, 5.74) is 2.31. The van der Waals surface area contributed by atoms with E-state index in [4.69, 9.17) is 4.74 Å². The molecule has 94 valence electrons. The highest BCUT2D eigenvalue weighted by molar-refractivity contribution is 5.49. The van der Waals surface area contributed by atoms with Crippen LogP contribution in [0.25, 0.3) is 6.08 Å². The first kappa shape index (κ1) is 13.7. The monoisotopic (exact) mass is 234 g/mol. The smallest absolute Gasteiger partial charge is 0.213 e. The first-order chi connectivity index (χ1) is 7.90. The molecule has 1 heterocycles. The van der Waals surface area contributed by atoms with Crippen LogP contribution in [0.4, 0.5) is 0 Å². The van der Waals surface area contributed by atoms with Crippen LogP contribution in [0.5, 0.6) is 5.88 Å². The number of methoxy groups -OCH3 is 1. The molecule has 1 aromatic rings. The van der Waals surface area contributed by atoms with Crippen molar-refractivity contribution in [2.24, 2.45) is 0 Å². The number of hydrogen-bond acceptors (Lipinski definition) is 3. The third kappa shape index (κ3) is 5.50. The van der Waals surface area contributed by atoms with Gasteiger partial charge in [0.25, 0.3) is 0 Å². The Morgan fingerprint density at radius 2 is 2.12 bits per heavy atom. The van der Waals surface area contributed by atoms with Gasteiger partial charge in [-0.1, -0.05) is 11.6 Å². The van der Waals surface area contributed by atoms with Gasteiger partial charge in [0.15, 0.2) is 0 Å². The fourth-order valence-electron chi connectivity index (χ4n) is 1.33. The Morgan fingerprint density at radius 1 is 1.41 bits per heavy atom. The summed E-state index contributed by atoms with van der Waals surface area (Å²) in [6.07, 6.45) is 2.07. The summed E-state index contributed by atoms with van der Waals surface area (Å²) in [4.78, 5) is 4.35. The first-order valence-corrected chi connectivity index (χ1v) is 5.84. The van der Waals surface area contributed by atoms with Gasteiger partial charge < -0.3 is 10.1 Å². The lowest BCUT2D eigenvalue weighted by Crippen LogP contribution is -2.36. The van der Waals surface area contributed by atoms with Gasteiger partial charge >= 0.3 is 0 Å². The zero-order valence-electron chi connectivity index (χ0n) is 11.4. The van der Waals surface area contributed by atoms with Gasteiger partial charge in [-0.25, -0.2) is 4.98 Å². The third-order valence-corrected chi connectivity index (χ3v) is 2.25. The molecule has 0 saturated heterocycles. The molecule has 3 nitrogen and oxygen atoms in total. The van der Waals surface area contributed by atoms with E-state index < -0.39 is 0 Å². The highest BCUT2D eigenvalue weighted by atomic mass is 16.5. The van der Waals surface area contributed by atoms with E-state index in [2.05, 4.69) is 44.1 Å². The van der Waals surface area contributed by atoms with Crippen LogP contribution < -0.4 is 10.1 Å². The molecule has 1 N–H and O–H groups in total. The molecule has 0 spiro atoms. The van der Waals surface area contributed by atoms with Gasteiger partial charge in [-0.2, -0.15) is 0 Å². The van der Waals surface area contributed by atoms with Crippen molar-refractivity contribution in [1.29, 1.82) is 0 Å². The molecule has 0 aromatic carbocycles.